The number of carboxylic acids is 1. The number of halogens is 1. The molecule has 1 fully saturated rings. The molecule has 0 atom stereocenters. The molecule has 0 unspecified atom stereocenters. The van der Waals surface area contributed by atoms with E-state index in [-0.39, 0.29) is 30.8 Å². The lowest BCUT2D eigenvalue weighted by molar-refractivity contribution is -0.142. The van der Waals surface area contributed by atoms with Gasteiger partial charge >= 0.3 is 5.97 Å². The highest BCUT2D eigenvalue weighted by Gasteiger charge is 2.32. The third-order valence-corrected chi connectivity index (χ3v) is 5.33. The Morgan fingerprint density at radius 3 is 2.40 bits per heavy atom. The fourth-order valence-corrected chi connectivity index (χ4v) is 3.93. The number of carbonyl (C=O) groups is 1. The molecule has 20 heavy (non-hydrogen) atoms. The Bertz CT molecular complexity index is 601. The maximum atomic E-state index is 13.3. The van der Waals surface area contributed by atoms with E-state index in [9.17, 15) is 17.6 Å². The van der Waals surface area contributed by atoms with Crippen LogP contribution in [0.5, 0.6) is 0 Å². The first-order chi connectivity index (χ1) is 9.30. The van der Waals surface area contributed by atoms with Crippen molar-refractivity contribution in [3.05, 3.63) is 29.6 Å². The first-order valence-electron chi connectivity index (χ1n) is 6.31. The van der Waals surface area contributed by atoms with Gasteiger partial charge in [-0.2, -0.15) is 4.31 Å². The second kappa shape index (κ2) is 5.49. The zero-order valence-corrected chi connectivity index (χ0v) is 11.9. The number of rotatable bonds is 3. The van der Waals surface area contributed by atoms with E-state index in [0.29, 0.717) is 5.56 Å². The molecule has 2 rings (SSSR count). The van der Waals surface area contributed by atoms with Crippen LogP contribution in [0.1, 0.15) is 18.4 Å². The molecule has 1 aromatic carbocycles. The monoisotopic (exact) mass is 301 g/mol. The Morgan fingerprint density at radius 2 is 1.90 bits per heavy atom. The highest BCUT2D eigenvalue weighted by Crippen LogP contribution is 2.25. The average molecular weight is 301 g/mol. The van der Waals surface area contributed by atoms with Crippen LogP contribution < -0.4 is 0 Å². The Morgan fingerprint density at radius 1 is 1.30 bits per heavy atom. The first kappa shape index (κ1) is 14.9. The van der Waals surface area contributed by atoms with Gasteiger partial charge in [0, 0.05) is 13.1 Å². The summed E-state index contributed by atoms with van der Waals surface area (Å²) in [4.78, 5) is 10.8. The van der Waals surface area contributed by atoms with Crippen molar-refractivity contribution in [1.82, 2.24) is 4.31 Å². The number of sulfonamides is 1. The molecule has 110 valence electrons. The molecular weight excluding hydrogens is 285 g/mol. The van der Waals surface area contributed by atoms with Crippen LogP contribution in [0.4, 0.5) is 4.39 Å². The SMILES string of the molecule is Cc1cc(F)cc(S(=O)(=O)N2CCC(C(=O)O)CC2)c1. The van der Waals surface area contributed by atoms with Crippen molar-refractivity contribution in [2.45, 2.75) is 24.7 Å². The lowest BCUT2D eigenvalue weighted by Gasteiger charge is -2.29. The zero-order chi connectivity index (χ0) is 14.9. The van der Waals surface area contributed by atoms with Crippen molar-refractivity contribution in [2.75, 3.05) is 13.1 Å². The van der Waals surface area contributed by atoms with Crippen molar-refractivity contribution in [3.8, 4) is 0 Å². The molecule has 0 bridgehead atoms. The number of nitrogens with zero attached hydrogens (tertiary/aromatic N) is 1. The molecule has 1 aliphatic rings. The molecule has 0 amide bonds. The van der Waals surface area contributed by atoms with E-state index in [0.717, 1.165) is 6.07 Å². The van der Waals surface area contributed by atoms with E-state index in [1.807, 2.05) is 0 Å². The Balaban J connectivity index is 2.21. The summed E-state index contributed by atoms with van der Waals surface area (Å²) in [5, 5.41) is 8.90. The molecule has 1 aromatic rings. The molecule has 0 aromatic heterocycles. The van der Waals surface area contributed by atoms with Gasteiger partial charge in [-0.05, 0) is 43.5 Å². The third-order valence-electron chi connectivity index (χ3n) is 3.46. The molecule has 1 saturated heterocycles. The summed E-state index contributed by atoms with van der Waals surface area (Å²) in [5.74, 6) is -2.00. The number of hydrogen-bond acceptors (Lipinski definition) is 3. The van der Waals surface area contributed by atoms with Crippen LogP contribution >= 0.6 is 0 Å². The fraction of sp³-hybridized carbons (Fsp3) is 0.462. The van der Waals surface area contributed by atoms with Crippen LogP contribution in [-0.2, 0) is 14.8 Å². The van der Waals surface area contributed by atoms with Gasteiger partial charge in [0.25, 0.3) is 0 Å². The molecule has 0 spiro atoms. The van der Waals surface area contributed by atoms with E-state index >= 15 is 0 Å². The van der Waals surface area contributed by atoms with Crippen LogP contribution in [0.3, 0.4) is 0 Å². The highest BCUT2D eigenvalue weighted by molar-refractivity contribution is 7.89. The summed E-state index contributed by atoms with van der Waals surface area (Å²) in [6.07, 6.45) is 0.561. The van der Waals surface area contributed by atoms with Gasteiger partial charge in [0.2, 0.25) is 10.0 Å². The zero-order valence-electron chi connectivity index (χ0n) is 11.0. The second-order valence-electron chi connectivity index (χ2n) is 4.98. The minimum atomic E-state index is -3.76. The van der Waals surface area contributed by atoms with E-state index in [2.05, 4.69) is 0 Å². The van der Waals surface area contributed by atoms with E-state index in [4.69, 9.17) is 5.11 Å². The molecular formula is C13H16FNO4S. The van der Waals surface area contributed by atoms with Gasteiger partial charge in [-0.25, -0.2) is 12.8 Å². The summed E-state index contributed by atoms with van der Waals surface area (Å²) in [6, 6.07) is 3.67. The van der Waals surface area contributed by atoms with Crippen LogP contribution in [0, 0.1) is 18.7 Å². The predicted octanol–water partition coefficient (Wildman–Crippen LogP) is 1.62. The normalized spacial score (nSPS) is 18.1. The van der Waals surface area contributed by atoms with Gasteiger partial charge in [0.15, 0.2) is 0 Å². The standard InChI is InChI=1S/C13H16FNO4S/c1-9-6-11(14)8-12(7-9)20(18,19)15-4-2-10(3-5-15)13(16)17/h6-8,10H,2-5H2,1H3,(H,16,17). The van der Waals surface area contributed by atoms with Crippen LogP contribution in [0.15, 0.2) is 23.1 Å². The van der Waals surface area contributed by atoms with Gasteiger partial charge in [0.1, 0.15) is 5.82 Å². The largest absolute Gasteiger partial charge is 0.481 e. The van der Waals surface area contributed by atoms with Gasteiger partial charge in [-0.3, -0.25) is 4.79 Å². The van der Waals surface area contributed by atoms with Crippen molar-refractivity contribution in [1.29, 1.82) is 0 Å². The van der Waals surface area contributed by atoms with E-state index < -0.39 is 27.7 Å². The van der Waals surface area contributed by atoms with Crippen LogP contribution in [0.2, 0.25) is 0 Å². The molecule has 1 aliphatic heterocycles. The van der Waals surface area contributed by atoms with Gasteiger partial charge in [0.05, 0.1) is 10.8 Å². The highest BCUT2D eigenvalue weighted by atomic mass is 32.2. The Kier molecular flexibility index (Phi) is 4.10. The van der Waals surface area contributed by atoms with Crippen LogP contribution in [-0.4, -0.2) is 36.9 Å². The van der Waals surface area contributed by atoms with Crippen LogP contribution in [0.25, 0.3) is 0 Å². The van der Waals surface area contributed by atoms with Crippen molar-refractivity contribution < 1.29 is 22.7 Å². The van der Waals surface area contributed by atoms with E-state index in [1.165, 1.54) is 16.4 Å². The molecule has 1 N–H and O–H groups in total. The van der Waals surface area contributed by atoms with Crippen molar-refractivity contribution in [2.24, 2.45) is 5.92 Å². The molecule has 7 heteroatoms. The molecule has 0 aliphatic carbocycles. The maximum Gasteiger partial charge on any atom is 0.306 e. The van der Waals surface area contributed by atoms with E-state index in [1.54, 1.807) is 6.92 Å². The lowest BCUT2D eigenvalue weighted by Crippen LogP contribution is -2.40. The van der Waals surface area contributed by atoms with Gasteiger partial charge in [-0.15, -0.1) is 0 Å². The molecule has 0 saturated carbocycles. The smallest absolute Gasteiger partial charge is 0.306 e. The molecule has 5 nitrogen and oxygen atoms in total. The summed E-state index contributed by atoms with van der Waals surface area (Å²) in [5.41, 5.74) is 0.531. The number of hydrogen-bond donors (Lipinski definition) is 1. The summed E-state index contributed by atoms with van der Waals surface area (Å²) < 4.78 is 39.3. The topological polar surface area (TPSA) is 74.7 Å². The Labute approximate surface area is 117 Å². The molecule has 0 radical (unpaired) electrons. The minimum Gasteiger partial charge on any atom is -0.481 e. The Hall–Kier alpha value is -1.47. The summed E-state index contributed by atoms with van der Waals surface area (Å²) >= 11 is 0. The summed E-state index contributed by atoms with van der Waals surface area (Å²) in [7, 11) is -3.76. The van der Waals surface area contributed by atoms with Crippen molar-refractivity contribution in [3.63, 3.8) is 0 Å². The number of aryl methyl sites for hydroxylation is 1. The average Bonchev–Trinajstić information content (AvgIpc) is 2.37. The minimum absolute atomic E-state index is 0.0798. The third kappa shape index (κ3) is 2.99. The number of piperidine rings is 1. The number of benzene rings is 1. The lowest BCUT2D eigenvalue weighted by atomic mass is 9.99. The van der Waals surface area contributed by atoms with Gasteiger partial charge in [-0.1, -0.05) is 0 Å². The predicted molar refractivity (Wildman–Crippen MR) is 70.3 cm³/mol. The molecule has 1 heterocycles. The first-order valence-corrected chi connectivity index (χ1v) is 7.75. The maximum absolute atomic E-state index is 13.3. The number of aliphatic carboxylic acids is 1. The summed E-state index contributed by atoms with van der Waals surface area (Å²) in [6.45, 7) is 1.92. The quantitative estimate of drug-likeness (QED) is 0.920. The number of carboxylic acid groups (broad SMARTS) is 1. The van der Waals surface area contributed by atoms with Crippen molar-refractivity contribution >= 4 is 16.0 Å². The fourth-order valence-electron chi connectivity index (χ4n) is 2.34. The van der Waals surface area contributed by atoms with Gasteiger partial charge < -0.3 is 5.11 Å². The second-order valence-corrected chi connectivity index (χ2v) is 6.92.